The van der Waals surface area contributed by atoms with Crippen molar-refractivity contribution in [1.82, 2.24) is 14.5 Å². The van der Waals surface area contributed by atoms with Crippen LogP contribution in [0.4, 0.5) is 0 Å². The second-order valence-corrected chi connectivity index (χ2v) is 6.55. The molecule has 1 fully saturated rings. The molecule has 0 radical (unpaired) electrons. The van der Waals surface area contributed by atoms with Crippen LogP contribution >= 0.6 is 0 Å². The van der Waals surface area contributed by atoms with E-state index in [9.17, 15) is 13.2 Å². The number of carboxylic acid groups (broad SMARTS) is 1. The summed E-state index contributed by atoms with van der Waals surface area (Å²) in [5.41, 5.74) is 0.859. The summed E-state index contributed by atoms with van der Waals surface area (Å²) in [6.45, 7) is 3.23. The molecule has 1 atom stereocenters. The molecular weight excluding hydrogens is 270 g/mol. The molecule has 0 saturated heterocycles. The molecule has 1 aromatic rings. The number of carboxylic acids is 1. The molecule has 19 heavy (non-hydrogen) atoms. The average Bonchev–Trinajstić information content (AvgIpc) is 3.04. The first kappa shape index (κ1) is 14.0. The number of hydrogen-bond acceptors (Lipinski definition) is 4. The van der Waals surface area contributed by atoms with E-state index < -0.39 is 22.0 Å². The van der Waals surface area contributed by atoms with Crippen LogP contribution < -0.4 is 4.72 Å². The molecule has 1 aliphatic rings. The summed E-state index contributed by atoms with van der Waals surface area (Å²) in [6.07, 6.45) is 1.48. The average molecular weight is 287 g/mol. The lowest BCUT2D eigenvalue weighted by Gasteiger charge is -2.14. The Morgan fingerprint density at radius 2 is 2.05 bits per heavy atom. The standard InChI is InChI=1S/C11H17N3O4S/c1-6-10(7(2)14(3)12-6)19(17,18)13-9(11(15)16)8-4-5-8/h8-9,13H,4-5H2,1-3H3,(H,15,16). The highest BCUT2D eigenvalue weighted by Crippen LogP contribution is 2.33. The van der Waals surface area contributed by atoms with Crippen LogP contribution in [0.5, 0.6) is 0 Å². The molecule has 106 valence electrons. The Labute approximate surface area is 111 Å². The van der Waals surface area contributed by atoms with Crippen molar-refractivity contribution in [2.45, 2.75) is 37.6 Å². The first-order chi connectivity index (χ1) is 8.74. The van der Waals surface area contributed by atoms with Gasteiger partial charge in [0.1, 0.15) is 10.9 Å². The van der Waals surface area contributed by atoms with Gasteiger partial charge >= 0.3 is 5.97 Å². The Morgan fingerprint density at radius 1 is 1.47 bits per heavy atom. The third kappa shape index (κ3) is 2.64. The van der Waals surface area contributed by atoms with Gasteiger partial charge in [-0.3, -0.25) is 9.48 Å². The predicted molar refractivity (Wildman–Crippen MR) is 67.2 cm³/mol. The lowest BCUT2D eigenvalue weighted by Crippen LogP contribution is -2.42. The van der Waals surface area contributed by atoms with Crippen LogP contribution in [0, 0.1) is 19.8 Å². The molecule has 0 aliphatic heterocycles. The lowest BCUT2D eigenvalue weighted by molar-refractivity contribution is -0.139. The van der Waals surface area contributed by atoms with Crippen LogP contribution in [0.15, 0.2) is 4.90 Å². The number of nitrogens with zero attached hydrogens (tertiary/aromatic N) is 2. The molecule has 2 rings (SSSR count). The van der Waals surface area contributed by atoms with Gasteiger partial charge in [-0.1, -0.05) is 0 Å². The number of sulfonamides is 1. The minimum atomic E-state index is -3.86. The van der Waals surface area contributed by atoms with Crippen LogP contribution in [0.1, 0.15) is 24.2 Å². The fraction of sp³-hybridized carbons (Fsp3) is 0.636. The third-order valence-electron chi connectivity index (χ3n) is 3.35. The lowest BCUT2D eigenvalue weighted by atomic mass is 10.2. The summed E-state index contributed by atoms with van der Waals surface area (Å²) >= 11 is 0. The molecule has 1 saturated carbocycles. The van der Waals surface area contributed by atoms with Crippen molar-refractivity contribution in [3.05, 3.63) is 11.4 Å². The van der Waals surface area contributed by atoms with Gasteiger partial charge in [0.15, 0.2) is 0 Å². The SMILES string of the molecule is Cc1nn(C)c(C)c1S(=O)(=O)NC(C(=O)O)C1CC1. The first-order valence-electron chi connectivity index (χ1n) is 5.99. The summed E-state index contributed by atoms with van der Waals surface area (Å²) in [5.74, 6) is -1.24. The van der Waals surface area contributed by atoms with Crippen LogP contribution in [0.2, 0.25) is 0 Å². The van der Waals surface area contributed by atoms with Gasteiger partial charge in [-0.2, -0.15) is 9.82 Å². The fourth-order valence-electron chi connectivity index (χ4n) is 2.15. The van der Waals surface area contributed by atoms with Gasteiger partial charge in [0.05, 0.1) is 11.4 Å². The Kier molecular flexibility index (Phi) is 3.40. The zero-order valence-corrected chi connectivity index (χ0v) is 11.9. The molecule has 0 amide bonds. The van der Waals surface area contributed by atoms with Gasteiger partial charge in [0.25, 0.3) is 0 Å². The van der Waals surface area contributed by atoms with E-state index in [1.807, 2.05) is 0 Å². The molecule has 7 nitrogen and oxygen atoms in total. The van der Waals surface area contributed by atoms with Crippen molar-refractivity contribution in [3.8, 4) is 0 Å². The summed E-state index contributed by atoms with van der Waals surface area (Å²) in [5, 5.41) is 13.1. The normalized spacial score (nSPS) is 17.4. The summed E-state index contributed by atoms with van der Waals surface area (Å²) < 4.78 is 28.4. The van der Waals surface area contributed by atoms with E-state index in [1.165, 1.54) is 4.68 Å². The zero-order valence-electron chi connectivity index (χ0n) is 11.0. The van der Waals surface area contributed by atoms with E-state index >= 15 is 0 Å². The van der Waals surface area contributed by atoms with Crippen molar-refractivity contribution in [3.63, 3.8) is 0 Å². The quantitative estimate of drug-likeness (QED) is 0.804. The molecule has 1 aliphatic carbocycles. The van der Waals surface area contributed by atoms with E-state index in [0.29, 0.717) is 11.4 Å². The largest absolute Gasteiger partial charge is 0.480 e. The van der Waals surface area contributed by atoms with Crippen LogP contribution in [-0.4, -0.2) is 35.3 Å². The number of rotatable bonds is 5. The number of hydrogen-bond donors (Lipinski definition) is 2. The Balaban J connectivity index is 2.34. The molecule has 1 heterocycles. The highest BCUT2D eigenvalue weighted by molar-refractivity contribution is 7.89. The van der Waals surface area contributed by atoms with Gasteiger partial charge in [0.2, 0.25) is 10.0 Å². The van der Waals surface area contributed by atoms with Crippen LogP contribution in [0.3, 0.4) is 0 Å². The molecule has 0 aromatic carbocycles. The molecule has 1 unspecified atom stereocenters. The van der Waals surface area contributed by atoms with Gasteiger partial charge in [-0.05, 0) is 32.6 Å². The van der Waals surface area contributed by atoms with Gasteiger partial charge in [-0.25, -0.2) is 8.42 Å². The van der Waals surface area contributed by atoms with Gasteiger partial charge in [0, 0.05) is 7.05 Å². The first-order valence-corrected chi connectivity index (χ1v) is 7.47. The molecular formula is C11H17N3O4S. The van der Waals surface area contributed by atoms with Crippen molar-refractivity contribution < 1.29 is 18.3 Å². The van der Waals surface area contributed by atoms with Crippen molar-refractivity contribution in [2.75, 3.05) is 0 Å². The monoisotopic (exact) mass is 287 g/mol. The van der Waals surface area contributed by atoms with E-state index in [4.69, 9.17) is 5.11 Å². The summed E-state index contributed by atoms with van der Waals surface area (Å²) in [6, 6.07) is -1.05. The third-order valence-corrected chi connectivity index (χ3v) is 5.05. The van der Waals surface area contributed by atoms with E-state index in [2.05, 4.69) is 9.82 Å². The maximum Gasteiger partial charge on any atom is 0.322 e. The van der Waals surface area contributed by atoms with E-state index in [0.717, 1.165) is 12.8 Å². The second kappa shape index (κ2) is 4.61. The van der Waals surface area contributed by atoms with E-state index in [1.54, 1.807) is 20.9 Å². The number of aromatic nitrogens is 2. The molecule has 2 N–H and O–H groups in total. The number of aryl methyl sites for hydroxylation is 2. The Bertz CT molecular complexity index is 616. The van der Waals surface area contributed by atoms with Gasteiger partial charge in [-0.15, -0.1) is 0 Å². The van der Waals surface area contributed by atoms with Crippen molar-refractivity contribution in [1.29, 1.82) is 0 Å². The Hall–Kier alpha value is -1.41. The smallest absolute Gasteiger partial charge is 0.322 e. The van der Waals surface area contributed by atoms with Crippen LogP contribution in [-0.2, 0) is 21.9 Å². The summed E-state index contributed by atoms with van der Waals surface area (Å²) in [7, 11) is -2.21. The summed E-state index contributed by atoms with van der Waals surface area (Å²) in [4.78, 5) is 11.2. The second-order valence-electron chi connectivity index (χ2n) is 4.90. The molecule has 0 bridgehead atoms. The number of nitrogens with one attached hydrogen (secondary N) is 1. The van der Waals surface area contributed by atoms with E-state index in [-0.39, 0.29) is 10.8 Å². The molecule has 1 aromatic heterocycles. The van der Waals surface area contributed by atoms with Gasteiger partial charge < -0.3 is 5.11 Å². The maximum atomic E-state index is 12.3. The number of aliphatic carboxylic acids is 1. The predicted octanol–water partition coefficient (Wildman–Crippen LogP) is 0.178. The Morgan fingerprint density at radius 3 is 2.42 bits per heavy atom. The fourth-order valence-corrected chi connectivity index (χ4v) is 3.84. The highest BCUT2D eigenvalue weighted by atomic mass is 32.2. The minimum Gasteiger partial charge on any atom is -0.480 e. The topological polar surface area (TPSA) is 101 Å². The molecule has 8 heteroatoms. The zero-order chi connectivity index (χ0) is 14.4. The molecule has 0 spiro atoms. The maximum absolute atomic E-state index is 12.3. The number of carbonyl (C=O) groups is 1. The van der Waals surface area contributed by atoms with Crippen LogP contribution in [0.25, 0.3) is 0 Å². The van der Waals surface area contributed by atoms with Crippen molar-refractivity contribution in [2.24, 2.45) is 13.0 Å². The highest BCUT2D eigenvalue weighted by Gasteiger charge is 2.40. The minimum absolute atomic E-state index is 0.0712. The van der Waals surface area contributed by atoms with Crippen molar-refractivity contribution >= 4 is 16.0 Å².